The molecule has 1 saturated heterocycles. The van der Waals surface area contributed by atoms with Crippen molar-refractivity contribution in [2.24, 2.45) is 7.05 Å². The van der Waals surface area contributed by atoms with Crippen LogP contribution in [0.1, 0.15) is 29.5 Å². The normalized spacial score (nSPS) is 19.5. The van der Waals surface area contributed by atoms with Gasteiger partial charge in [0.25, 0.3) is 5.91 Å². The average molecular weight is 264 g/mol. The number of aryl methyl sites for hydroxylation is 2. The van der Waals surface area contributed by atoms with Crippen molar-refractivity contribution >= 4 is 17.7 Å². The summed E-state index contributed by atoms with van der Waals surface area (Å²) in [4.78, 5) is 36.9. The van der Waals surface area contributed by atoms with Crippen molar-refractivity contribution in [1.82, 2.24) is 20.0 Å². The van der Waals surface area contributed by atoms with E-state index >= 15 is 0 Å². The largest absolute Gasteiger partial charge is 0.316 e. The van der Waals surface area contributed by atoms with Gasteiger partial charge in [-0.15, -0.1) is 0 Å². The molecule has 0 radical (unpaired) electrons. The summed E-state index contributed by atoms with van der Waals surface area (Å²) in [6.45, 7) is 3.48. The van der Waals surface area contributed by atoms with Gasteiger partial charge in [-0.1, -0.05) is 6.92 Å². The lowest BCUT2D eigenvalue weighted by Crippen LogP contribution is -2.59. The zero-order valence-corrected chi connectivity index (χ0v) is 11.1. The minimum atomic E-state index is -0.611. The number of rotatable bonds is 2. The number of aromatic nitrogens is 2. The third-order valence-electron chi connectivity index (χ3n) is 3.12. The topological polar surface area (TPSA) is 84.3 Å². The number of hydrogen-bond donors (Lipinski definition) is 1. The Labute approximate surface area is 110 Å². The second-order valence-corrected chi connectivity index (χ2v) is 4.56. The number of hydrogen-bond acceptors (Lipinski definition) is 4. The number of amides is 3. The Bertz CT molecular complexity index is 549. The second-order valence-electron chi connectivity index (χ2n) is 4.56. The van der Waals surface area contributed by atoms with E-state index in [9.17, 15) is 14.4 Å². The predicted octanol–water partition coefficient (Wildman–Crippen LogP) is -0.394. The maximum Gasteiger partial charge on any atom is 0.273 e. The highest BCUT2D eigenvalue weighted by atomic mass is 16.2. The lowest BCUT2D eigenvalue weighted by Gasteiger charge is -2.33. The van der Waals surface area contributed by atoms with Crippen LogP contribution >= 0.6 is 0 Å². The van der Waals surface area contributed by atoms with Crippen LogP contribution in [0.4, 0.5) is 0 Å². The van der Waals surface area contributed by atoms with E-state index in [1.807, 2.05) is 0 Å². The summed E-state index contributed by atoms with van der Waals surface area (Å²) in [6, 6.07) is 1.03. The molecule has 1 atom stereocenters. The third-order valence-corrected chi connectivity index (χ3v) is 3.12. The van der Waals surface area contributed by atoms with Gasteiger partial charge < -0.3 is 4.90 Å². The van der Waals surface area contributed by atoms with Crippen LogP contribution in [0, 0.1) is 6.92 Å². The van der Waals surface area contributed by atoms with Crippen molar-refractivity contribution in [2.45, 2.75) is 26.3 Å². The highest BCUT2D eigenvalue weighted by molar-refractivity contribution is 6.06. The number of nitrogens with one attached hydrogen (secondary N) is 1. The summed E-state index contributed by atoms with van der Waals surface area (Å²) in [5.41, 5.74) is 1.09. The molecule has 0 bridgehead atoms. The van der Waals surface area contributed by atoms with Crippen LogP contribution in [0.15, 0.2) is 6.07 Å². The molecule has 0 saturated carbocycles. The first kappa shape index (κ1) is 13.3. The van der Waals surface area contributed by atoms with E-state index in [4.69, 9.17) is 0 Å². The van der Waals surface area contributed by atoms with E-state index in [1.165, 1.54) is 9.58 Å². The summed E-state index contributed by atoms with van der Waals surface area (Å²) in [7, 11) is 1.66. The van der Waals surface area contributed by atoms with E-state index in [0.29, 0.717) is 17.8 Å². The molecule has 7 nitrogen and oxygen atoms in total. The van der Waals surface area contributed by atoms with Crippen LogP contribution in [0.2, 0.25) is 0 Å². The highest BCUT2D eigenvalue weighted by Gasteiger charge is 2.36. The monoisotopic (exact) mass is 264 g/mol. The minimum Gasteiger partial charge on any atom is -0.316 e. The summed E-state index contributed by atoms with van der Waals surface area (Å²) >= 11 is 0. The van der Waals surface area contributed by atoms with E-state index in [2.05, 4.69) is 10.4 Å². The molecule has 1 N–H and O–H groups in total. The third kappa shape index (κ3) is 2.35. The van der Waals surface area contributed by atoms with Crippen LogP contribution in [-0.2, 0) is 16.6 Å². The van der Waals surface area contributed by atoms with Crippen LogP contribution in [-0.4, -0.2) is 45.0 Å². The Morgan fingerprint density at radius 3 is 2.74 bits per heavy atom. The molecule has 2 heterocycles. The van der Waals surface area contributed by atoms with Gasteiger partial charge in [0.15, 0.2) is 0 Å². The molecule has 1 aliphatic heterocycles. The quantitative estimate of drug-likeness (QED) is 0.737. The zero-order valence-electron chi connectivity index (χ0n) is 11.1. The molecule has 0 aliphatic carbocycles. The molecule has 2 rings (SSSR count). The minimum absolute atomic E-state index is 0.104. The number of carbonyl (C=O) groups is 3. The molecule has 1 fully saturated rings. The molecule has 7 heteroatoms. The first-order valence-electron chi connectivity index (χ1n) is 6.09. The van der Waals surface area contributed by atoms with Crippen molar-refractivity contribution in [3.05, 3.63) is 17.5 Å². The average Bonchev–Trinajstić information content (AvgIpc) is 2.66. The highest BCUT2D eigenvalue weighted by Crippen LogP contribution is 2.14. The van der Waals surface area contributed by atoms with Gasteiger partial charge in [-0.2, -0.15) is 5.10 Å². The lowest BCUT2D eigenvalue weighted by atomic mass is 10.1. The fourth-order valence-electron chi connectivity index (χ4n) is 2.24. The standard InChI is InChI=1S/C12H16N4O3/c1-4-8-11(18)13-10(17)6-16(8)12(19)9-5-7(2)14-15(9)3/h5,8H,4,6H2,1-3H3,(H,13,17,18). The molecule has 0 aromatic carbocycles. The van der Waals surface area contributed by atoms with E-state index in [-0.39, 0.29) is 12.5 Å². The summed E-state index contributed by atoms with van der Waals surface area (Å²) in [5.74, 6) is -1.23. The molecule has 1 aliphatic rings. The van der Waals surface area contributed by atoms with Gasteiger partial charge in [-0.05, 0) is 19.4 Å². The van der Waals surface area contributed by atoms with Crippen LogP contribution in [0.5, 0.6) is 0 Å². The number of piperazine rings is 1. The van der Waals surface area contributed by atoms with Crippen LogP contribution in [0.25, 0.3) is 0 Å². The van der Waals surface area contributed by atoms with E-state index < -0.39 is 17.9 Å². The van der Waals surface area contributed by atoms with E-state index in [1.54, 1.807) is 27.0 Å². The maximum absolute atomic E-state index is 12.4. The molecule has 1 aromatic heterocycles. The molecule has 1 aromatic rings. The molecule has 102 valence electrons. The van der Waals surface area contributed by atoms with E-state index in [0.717, 1.165) is 0 Å². The zero-order chi connectivity index (χ0) is 14.2. The van der Waals surface area contributed by atoms with Gasteiger partial charge in [0.1, 0.15) is 18.3 Å². The van der Waals surface area contributed by atoms with Crippen molar-refractivity contribution in [2.75, 3.05) is 6.54 Å². The first-order valence-corrected chi connectivity index (χ1v) is 6.09. The molecule has 1 unspecified atom stereocenters. The Hall–Kier alpha value is -2.18. The smallest absolute Gasteiger partial charge is 0.273 e. The molecular formula is C12H16N4O3. The maximum atomic E-state index is 12.4. The van der Waals surface area contributed by atoms with Gasteiger partial charge in [0.2, 0.25) is 11.8 Å². The summed E-state index contributed by atoms with van der Waals surface area (Å²) in [6.07, 6.45) is 0.460. The van der Waals surface area contributed by atoms with Crippen molar-refractivity contribution < 1.29 is 14.4 Å². The van der Waals surface area contributed by atoms with Gasteiger partial charge in [-0.3, -0.25) is 24.4 Å². The Morgan fingerprint density at radius 2 is 2.21 bits per heavy atom. The number of nitrogens with zero attached hydrogens (tertiary/aromatic N) is 3. The van der Waals surface area contributed by atoms with Crippen LogP contribution in [0.3, 0.4) is 0 Å². The predicted molar refractivity (Wildman–Crippen MR) is 66.2 cm³/mol. The molecule has 0 spiro atoms. The molecular weight excluding hydrogens is 248 g/mol. The Morgan fingerprint density at radius 1 is 1.53 bits per heavy atom. The number of carbonyl (C=O) groups excluding carboxylic acids is 3. The molecule has 3 amide bonds. The Balaban J connectivity index is 2.32. The van der Waals surface area contributed by atoms with Gasteiger partial charge >= 0.3 is 0 Å². The SMILES string of the molecule is CCC1C(=O)NC(=O)CN1C(=O)c1cc(C)nn1C. The fraction of sp³-hybridized carbons (Fsp3) is 0.500. The Kier molecular flexibility index (Phi) is 3.37. The van der Waals surface area contributed by atoms with Crippen molar-refractivity contribution in [3.63, 3.8) is 0 Å². The van der Waals surface area contributed by atoms with Gasteiger partial charge in [0, 0.05) is 7.05 Å². The van der Waals surface area contributed by atoms with Crippen molar-refractivity contribution in [1.29, 1.82) is 0 Å². The molecule has 19 heavy (non-hydrogen) atoms. The lowest BCUT2D eigenvalue weighted by molar-refractivity contribution is -0.138. The van der Waals surface area contributed by atoms with Crippen molar-refractivity contribution in [3.8, 4) is 0 Å². The summed E-state index contributed by atoms with van der Waals surface area (Å²) in [5, 5.41) is 6.34. The fourth-order valence-corrected chi connectivity index (χ4v) is 2.24. The van der Waals surface area contributed by atoms with Gasteiger partial charge in [0.05, 0.1) is 5.69 Å². The van der Waals surface area contributed by atoms with Crippen LogP contribution < -0.4 is 5.32 Å². The summed E-state index contributed by atoms with van der Waals surface area (Å²) < 4.78 is 1.46. The number of imide groups is 1. The van der Waals surface area contributed by atoms with Gasteiger partial charge in [-0.25, -0.2) is 0 Å². The first-order chi connectivity index (χ1) is 8.93. The second kappa shape index (κ2) is 4.83.